The van der Waals surface area contributed by atoms with E-state index < -0.39 is 10.0 Å². The number of sulfonamides is 1. The molecule has 1 aromatic heterocycles. The van der Waals surface area contributed by atoms with E-state index in [-0.39, 0.29) is 16.8 Å². The first-order chi connectivity index (χ1) is 12.9. The molecule has 0 aliphatic rings. The molecule has 27 heavy (non-hydrogen) atoms. The zero-order valence-electron chi connectivity index (χ0n) is 15.0. The average Bonchev–Trinajstić information content (AvgIpc) is 3.06. The topological polar surface area (TPSA) is 107 Å². The van der Waals surface area contributed by atoms with E-state index in [1.54, 1.807) is 23.0 Å². The molecule has 7 nitrogen and oxygen atoms in total. The lowest BCUT2D eigenvalue weighted by atomic mass is 10.1. The molecule has 0 aliphatic heterocycles. The Balaban J connectivity index is 1.62. The molecule has 2 aromatic carbocycles. The standard InChI is InChI=1S/C19H22N4O3S/c1-2-17(23-18-6-4-3-5-15(18)13-22-23)19(24)21-12-11-14-7-9-16(10-8-14)27(20,25)26/h3-10,13,17H,2,11-12H2,1H3,(H,21,24)(H2,20,25,26). The highest BCUT2D eigenvalue weighted by molar-refractivity contribution is 7.89. The van der Waals surface area contributed by atoms with Gasteiger partial charge in [0.2, 0.25) is 15.9 Å². The molecule has 0 spiro atoms. The van der Waals surface area contributed by atoms with Crippen LogP contribution in [-0.2, 0) is 21.2 Å². The number of amides is 1. The number of nitrogens with zero attached hydrogens (tertiary/aromatic N) is 2. The third kappa shape index (κ3) is 4.35. The Morgan fingerprint density at radius 3 is 2.56 bits per heavy atom. The summed E-state index contributed by atoms with van der Waals surface area (Å²) >= 11 is 0. The number of rotatable bonds is 7. The number of carbonyl (C=O) groups excluding carboxylic acids is 1. The number of hydrogen-bond acceptors (Lipinski definition) is 4. The first-order valence-electron chi connectivity index (χ1n) is 8.72. The molecule has 8 heteroatoms. The summed E-state index contributed by atoms with van der Waals surface area (Å²) in [4.78, 5) is 12.7. The lowest BCUT2D eigenvalue weighted by molar-refractivity contribution is -0.124. The average molecular weight is 386 g/mol. The zero-order valence-corrected chi connectivity index (χ0v) is 15.8. The lowest BCUT2D eigenvalue weighted by Gasteiger charge is -2.16. The van der Waals surface area contributed by atoms with Crippen LogP contribution in [0.15, 0.2) is 59.6 Å². The van der Waals surface area contributed by atoms with Gasteiger partial charge in [-0.15, -0.1) is 0 Å². The molecule has 142 valence electrons. The first-order valence-corrected chi connectivity index (χ1v) is 10.3. The van der Waals surface area contributed by atoms with Crippen molar-refractivity contribution < 1.29 is 13.2 Å². The summed E-state index contributed by atoms with van der Waals surface area (Å²) in [6.07, 6.45) is 2.98. The number of primary sulfonamides is 1. The molecule has 0 bridgehead atoms. The van der Waals surface area contributed by atoms with Crippen molar-refractivity contribution in [2.24, 2.45) is 5.14 Å². The molecule has 1 heterocycles. The van der Waals surface area contributed by atoms with Crippen molar-refractivity contribution in [3.05, 3.63) is 60.3 Å². The molecule has 0 radical (unpaired) electrons. The van der Waals surface area contributed by atoms with E-state index in [0.29, 0.717) is 19.4 Å². The van der Waals surface area contributed by atoms with Gasteiger partial charge in [0.05, 0.1) is 16.6 Å². The number of hydrogen-bond donors (Lipinski definition) is 2. The Morgan fingerprint density at radius 1 is 1.19 bits per heavy atom. The summed E-state index contributed by atoms with van der Waals surface area (Å²) in [6.45, 7) is 2.40. The molecular formula is C19H22N4O3S. The maximum absolute atomic E-state index is 12.6. The van der Waals surface area contributed by atoms with Gasteiger partial charge in [0.15, 0.2) is 0 Å². The van der Waals surface area contributed by atoms with Gasteiger partial charge in [-0.1, -0.05) is 37.3 Å². The Labute approximate surface area is 158 Å². The number of nitrogens with two attached hydrogens (primary N) is 1. The first kappa shape index (κ1) is 19.1. The van der Waals surface area contributed by atoms with Gasteiger partial charge in [-0.2, -0.15) is 5.10 Å². The summed E-state index contributed by atoms with van der Waals surface area (Å²) in [5, 5.41) is 13.4. The van der Waals surface area contributed by atoms with E-state index in [0.717, 1.165) is 16.5 Å². The number of fused-ring (bicyclic) bond motifs is 1. The van der Waals surface area contributed by atoms with Gasteiger partial charge in [0, 0.05) is 11.9 Å². The molecule has 0 saturated heterocycles. The van der Waals surface area contributed by atoms with Crippen molar-refractivity contribution in [3.8, 4) is 0 Å². The minimum Gasteiger partial charge on any atom is -0.354 e. The van der Waals surface area contributed by atoms with Crippen LogP contribution in [0.3, 0.4) is 0 Å². The summed E-state index contributed by atoms with van der Waals surface area (Å²) in [5.41, 5.74) is 1.85. The fraction of sp³-hybridized carbons (Fsp3) is 0.263. The SMILES string of the molecule is CCC(C(=O)NCCc1ccc(S(N)(=O)=O)cc1)n1ncc2ccccc21. The minimum absolute atomic E-state index is 0.0758. The summed E-state index contributed by atoms with van der Waals surface area (Å²) in [7, 11) is -3.69. The quantitative estimate of drug-likeness (QED) is 0.647. The molecule has 0 aliphatic carbocycles. The number of nitrogens with one attached hydrogen (secondary N) is 1. The van der Waals surface area contributed by atoms with Gasteiger partial charge in [-0.25, -0.2) is 13.6 Å². The molecule has 3 N–H and O–H groups in total. The van der Waals surface area contributed by atoms with Gasteiger partial charge in [-0.3, -0.25) is 9.48 Å². The highest BCUT2D eigenvalue weighted by Crippen LogP contribution is 2.20. The van der Waals surface area contributed by atoms with Crippen LogP contribution < -0.4 is 10.5 Å². The van der Waals surface area contributed by atoms with Crippen LogP contribution in [-0.4, -0.2) is 30.7 Å². The van der Waals surface area contributed by atoms with Crippen molar-refractivity contribution in [2.75, 3.05) is 6.54 Å². The molecule has 1 atom stereocenters. The van der Waals surface area contributed by atoms with Gasteiger partial charge in [0.25, 0.3) is 0 Å². The van der Waals surface area contributed by atoms with Crippen LogP contribution in [0.25, 0.3) is 10.9 Å². The van der Waals surface area contributed by atoms with Crippen molar-refractivity contribution in [1.29, 1.82) is 0 Å². The Kier molecular flexibility index (Phi) is 5.57. The number of aromatic nitrogens is 2. The smallest absolute Gasteiger partial charge is 0.244 e. The third-order valence-electron chi connectivity index (χ3n) is 4.45. The van der Waals surface area contributed by atoms with Gasteiger partial charge in [-0.05, 0) is 36.6 Å². The zero-order chi connectivity index (χ0) is 19.4. The second-order valence-electron chi connectivity index (χ2n) is 6.30. The number of para-hydroxylation sites is 1. The van der Waals surface area contributed by atoms with E-state index in [1.807, 2.05) is 31.2 Å². The Morgan fingerprint density at radius 2 is 1.89 bits per heavy atom. The largest absolute Gasteiger partial charge is 0.354 e. The van der Waals surface area contributed by atoms with Crippen molar-refractivity contribution in [2.45, 2.75) is 30.7 Å². The molecule has 3 rings (SSSR count). The van der Waals surface area contributed by atoms with Crippen LogP contribution >= 0.6 is 0 Å². The highest BCUT2D eigenvalue weighted by Gasteiger charge is 2.20. The van der Waals surface area contributed by atoms with Crippen LogP contribution in [0.5, 0.6) is 0 Å². The maximum Gasteiger partial charge on any atom is 0.244 e. The Bertz CT molecular complexity index is 1040. The van der Waals surface area contributed by atoms with Crippen LogP contribution in [0.4, 0.5) is 0 Å². The fourth-order valence-corrected chi connectivity index (χ4v) is 3.52. The second kappa shape index (κ2) is 7.89. The molecule has 0 fully saturated rings. The fourth-order valence-electron chi connectivity index (χ4n) is 3.00. The van der Waals surface area contributed by atoms with E-state index in [9.17, 15) is 13.2 Å². The molecule has 0 saturated carbocycles. The predicted molar refractivity (Wildman–Crippen MR) is 104 cm³/mol. The lowest BCUT2D eigenvalue weighted by Crippen LogP contribution is -2.34. The number of carbonyl (C=O) groups is 1. The van der Waals surface area contributed by atoms with Gasteiger partial charge in [0.1, 0.15) is 6.04 Å². The summed E-state index contributed by atoms with van der Waals surface area (Å²) in [5.74, 6) is -0.0903. The van der Waals surface area contributed by atoms with Crippen LogP contribution in [0.1, 0.15) is 24.9 Å². The monoisotopic (exact) mass is 386 g/mol. The Hall–Kier alpha value is -2.71. The molecule has 1 amide bonds. The minimum atomic E-state index is -3.69. The summed E-state index contributed by atoms with van der Waals surface area (Å²) in [6, 6.07) is 13.7. The summed E-state index contributed by atoms with van der Waals surface area (Å²) < 4.78 is 24.3. The van der Waals surface area contributed by atoms with Crippen LogP contribution in [0.2, 0.25) is 0 Å². The van der Waals surface area contributed by atoms with Crippen molar-refractivity contribution >= 4 is 26.8 Å². The van der Waals surface area contributed by atoms with E-state index >= 15 is 0 Å². The van der Waals surface area contributed by atoms with Gasteiger partial charge >= 0.3 is 0 Å². The second-order valence-corrected chi connectivity index (χ2v) is 7.86. The van der Waals surface area contributed by atoms with E-state index in [2.05, 4.69) is 10.4 Å². The van der Waals surface area contributed by atoms with Crippen molar-refractivity contribution in [3.63, 3.8) is 0 Å². The molecule has 1 unspecified atom stereocenters. The molecular weight excluding hydrogens is 364 g/mol. The van der Waals surface area contributed by atoms with Crippen molar-refractivity contribution in [1.82, 2.24) is 15.1 Å². The van der Waals surface area contributed by atoms with E-state index in [1.165, 1.54) is 12.1 Å². The normalized spacial score (nSPS) is 12.8. The van der Waals surface area contributed by atoms with Gasteiger partial charge < -0.3 is 5.32 Å². The molecule has 3 aromatic rings. The predicted octanol–water partition coefficient (Wildman–Crippen LogP) is 1.99. The van der Waals surface area contributed by atoms with Crippen LogP contribution in [0, 0.1) is 0 Å². The maximum atomic E-state index is 12.6. The van der Waals surface area contributed by atoms with E-state index in [4.69, 9.17) is 5.14 Å². The highest BCUT2D eigenvalue weighted by atomic mass is 32.2. The third-order valence-corrected chi connectivity index (χ3v) is 5.38. The number of benzene rings is 2.